The standard InChI is InChI=1S/C13H11NO3S/c1-18-11-7-8-13(12(9-11)14(15)16)17-10-5-3-2-4-6-10/h2-9H,1H3. The van der Waals surface area contributed by atoms with Crippen LogP contribution in [0.4, 0.5) is 5.69 Å². The normalized spacial score (nSPS) is 10.1. The molecule has 0 bridgehead atoms. The highest BCUT2D eigenvalue weighted by atomic mass is 32.2. The molecule has 5 heteroatoms. The third-order valence-corrected chi connectivity index (χ3v) is 3.06. The van der Waals surface area contributed by atoms with Crippen molar-refractivity contribution in [3.63, 3.8) is 0 Å². The number of hydrogen-bond donors (Lipinski definition) is 0. The maximum Gasteiger partial charge on any atom is 0.312 e. The second-order valence-electron chi connectivity index (χ2n) is 3.51. The molecule has 0 heterocycles. The molecule has 2 aromatic carbocycles. The molecule has 0 amide bonds. The first kappa shape index (κ1) is 12.4. The lowest BCUT2D eigenvalue weighted by Gasteiger charge is -2.06. The van der Waals surface area contributed by atoms with E-state index in [1.807, 2.05) is 24.5 Å². The summed E-state index contributed by atoms with van der Waals surface area (Å²) in [5.41, 5.74) is -0.0225. The number of ether oxygens (including phenoxy) is 1. The average molecular weight is 261 g/mol. The van der Waals surface area contributed by atoms with Crippen molar-refractivity contribution in [1.29, 1.82) is 0 Å². The lowest BCUT2D eigenvalue weighted by Crippen LogP contribution is -1.93. The van der Waals surface area contributed by atoms with Gasteiger partial charge in [-0.2, -0.15) is 0 Å². The number of benzene rings is 2. The molecule has 0 N–H and O–H groups in total. The first-order chi connectivity index (χ1) is 8.70. The van der Waals surface area contributed by atoms with Crippen LogP contribution in [0.3, 0.4) is 0 Å². The minimum Gasteiger partial charge on any atom is -0.450 e. The van der Waals surface area contributed by atoms with E-state index in [0.29, 0.717) is 5.75 Å². The van der Waals surface area contributed by atoms with Crippen molar-refractivity contribution in [2.75, 3.05) is 6.26 Å². The van der Waals surface area contributed by atoms with Gasteiger partial charge in [0.1, 0.15) is 5.75 Å². The second kappa shape index (κ2) is 5.55. The molecule has 0 saturated carbocycles. The molecule has 0 saturated heterocycles. The molecular formula is C13H11NO3S. The summed E-state index contributed by atoms with van der Waals surface area (Å²) in [6.45, 7) is 0. The molecule has 18 heavy (non-hydrogen) atoms. The van der Waals surface area contributed by atoms with Gasteiger partial charge < -0.3 is 4.74 Å². The van der Waals surface area contributed by atoms with Crippen LogP contribution in [0.25, 0.3) is 0 Å². The molecule has 92 valence electrons. The van der Waals surface area contributed by atoms with Gasteiger partial charge in [0.2, 0.25) is 5.75 Å². The Morgan fingerprint density at radius 3 is 2.50 bits per heavy atom. The average Bonchev–Trinajstić information content (AvgIpc) is 2.40. The lowest BCUT2D eigenvalue weighted by molar-refractivity contribution is -0.385. The van der Waals surface area contributed by atoms with Crippen molar-refractivity contribution >= 4 is 17.4 Å². The van der Waals surface area contributed by atoms with E-state index in [1.54, 1.807) is 24.3 Å². The van der Waals surface area contributed by atoms with Gasteiger partial charge >= 0.3 is 5.69 Å². The number of thioether (sulfide) groups is 1. The van der Waals surface area contributed by atoms with Crippen LogP contribution in [0.5, 0.6) is 11.5 Å². The van der Waals surface area contributed by atoms with Crippen molar-refractivity contribution in [2.45, 2.75) is 4.90 Å². The van der Waals surface area contributed by atoms with E-state index >= 15 is 0 Å². The van der Waals surface area contributed by atoms with E-state index < -0.39 is 4.92 Å². The van der Waals surface area contributed by atoms with Crippen molar-refractivity contribution in [3.05, 3.63) is 58.6 Å². The second-order valence-corrected chi connectivity index (χ2v) is 4.39. The smallest absolute Gasteiger partial charge is 0.312 e. The van der Waals surface area contributed by atoms with Gasteiger partial charge in [0.15, 0.2) is 0 Å². The maximum absolute atomic E-state index is 11.0. The molecule has 0 aliphatic heterocycles. The van der Waals surface area contributed by atoms with Crippen molar-refractivity contribution in [2.24, 2.45) is 0 Å². The molecular weight excluding hydrogens is 250 g/mol. The number of nitrogens with zero attached hydrogens (tertiary/aromatic N) is 1. The quantitative estimate of drug-likeness (QED) is 0.472. The number of hydrogen-bond acceptors (Lipinski definition) is 4. The summed E-state index contributed by atoms with van der Waals surface area (Å²) < 4.78 is 5.52. The highest BCUT2D eigenvalue weighted by molar-refractivity contribution is 7.98. The summed E-state index contributed by atoms with van der Waals surface area (Å²) in [6.07, 6.45) is 1.87. The Morgan fingerprint density at radius 1 is 1.17 bits per heavy atom. The van der Waals surface area contributed by atoms with E-state index in [9.17, 15) is 10.1 Å². The Balaban J connectivity index is 2.35. The lowest BCUT2D eigenvalue weighted by atomic mass is 10.3. The molecule has 0 aliphatic carbocycles. The van der Waals surface area contributed by atoms with Crippen molar-refractivity contribution in [1.82, 2.24) is 0 Å². The molecule has 0 aromatic heterocycles. The van der Waals surface area contributed by atoms with Crippen molar-refractivity contribution < 1.29 is 9.66 Å². The van der Waals surface area contributed by atoms with Crippen LogP contribution in [0.1, 0.15) is 0 Å². The third kappa shape index (κ3) is 2.81. The molecule has 0 spiro atoms. The van der Waals surface area contributed by atoms with Crippen molar-refractivity contribution in [3.8, 4) is 11.5 Å². The SMILES string of the molecule is CSc1ccc(Oc2ccccc2)c([N+](=O)[O-])c1. The van der Waals surface area contributed by atoms with E-state index in [0.717, 1.165) is 4.90 Å². The van der Waals surface area contributed by atoms with Crippen LogP contribution >= 0.6 is 11.8 Å². The molecule has 0 atom stereocenters. The Labute approximate surface area is 109 Å². The fourth-order valence-corrected chi connectivity index (χ4v) is 1.90. The van der Waals surface area contributed by atoms with Crippen LogP contribution in [0.15, 0.2) is 53.4 Å². The van der Waals surface area contributed by atoms with Crippen LogP contribution in [0, 0.1) is 10.1 Å². The topological polar surface area (TPSA) is 52.4 Å². The third-order valence-electron chi connectivity index (χ3n) is 2.33. The monoisotopic (exact) mass is 261 g/mol. The maximum atomic E-state index is 11.0. The largest absolute Gasteiger partial charge is 0.450 e. The van der Waals surface area contributed by atoms with Crippen LogP contribution in [0.2, 0.25) is 0 Å². The van der Waals surface area contributed by atoms with E-state index in [2.05, 4.69) is 0 Å². The predicted octanol–water partition coefficient (Wildman–Crippen LogP) is 4.11. The van der Waals surface area contributed by atoms with Gasteiger partial charge in [0, 0.05) is 11.0 Å². The molecule has 2 aromatic rings. The highest BCUT2D eigenvalue weighted by Crippen LogP contribution is 2.34. The summed E-state index contributed by atoms with van der Waals surface area (Å²) in [7, 11) is 0. The van der Waals surface area contributed by atoms with Gasteiger partial charge in [-0.3, -0.25) is 10.1 Å². The number of para-hydroxylation sites is 1. The van der Waals surface area contributed by atoms with Crippen LogP contribution in [-0.4, -0.2) is 11.2 Å². The fourth-order valence-electron chi connectivity index (χ4n) is 1.47. The Morgan fingerprint density at radius 2 is 1.89 bits per heavy atom. The Bertz CT molecular complexity index is 557. The molecule has 0 fully saturated rings. The van der Waals surface area contributed by atoms with E-state index in [-0.39, 0.29) is 11.4 Å². The fraction of sp³-hybridized carbons (Fsp3) is 0.0769. The number of rotatable bonds is 4. The first-order valence-electron chi connectivity index (χ1n) is 5.26. The molecule has 0 unspecified atom stereocenters. The van der Waals surface area contributed by atoms with E-state index in [1.165, 1.54) is 17.8 Å². The summed E-state index contributed by atoms with van der Waals surface area (Å²) >= 11 is 1.46. The van der Waals surface area contributed by atoms with Gasteiger partial charge in [0.25, 0.3) is 0 Å². The zero-order valence-corrected chi connectivity index (χ0v) is 10.5. The summed E-state index contributed by atoms with van der Waals surface area (Å²) in [5.74, 6) is 0.835. The number of nitro benzene ring substituents is 1. The molecule has 2 rings (SSSR count). The van der Waals surface area contributed by atoms with Crippen LogP contribution < -0.4 is 4.74 Å². The highest BCUT2D eigenvalue weighted by Gasteiger charge is 2.16. The zero-order valence-electron chi connectivity index (χ0n) is 9.70. The minimum atomic E-state index is -0.433. The Kier molecular flexibility index (Phi) is 3.84. The zero-order chi connectivity index (χ0) is 13.0. The Hall–Kier alpha value is -2.01. The van der Waals surface area contributed by atoms with Crippen LogP contribution in [-0.2, 0) is 0 Å². The van der Waals surface area contributed by atoms with Gasteiger partial charge in [-0.15, -0.1) is 11.8 Å². The molecule has 0 radical (unpaired) electrons. The minimum absolute atomic E-state index is 0.0225. The first-order valence-corrected chi connectivity index (χ1v) is 6.48. The van der Waals surface area contributed by atoms with E-state index in [4.69, 9.17) is 4.74 Å². The van der Waals surface area contributed by atoms with Gasteiger partial charge in [0.05, 0.1) is 4.92 Å². The van der Waals surface area contributed by atoms with Gasteiger partial charge in [-0.1, -0.05) is 18.2 Å². The molecule has 4 nitrogen and oxygen atoms in total. The predicted molar refractivity (Wildman–Crippen MR) is 71.4 cm³/mol. The summed E-state index contributed by atoms with van der Waals surface area (Å²) in [5, 5.41) is 11.0. The summed E-state index contributed by atoms with van der Waals surface area (Å²) in [6, 6.07) is 13.9. The van der Waals surface area contributed by atoms with Gasteiger partial charge in [-0.05, 0) is 30.5 Å². The molecule has 0 aliphatic rings. The van der Waals surface area contributed by atoms with Gasteiger partial charge in [-0.25, -0.2) is 0 Å². The number of nitro groups is 1. The summed E-state index contributed by atoms with van der Waals surface area (Å²) in [4.78, 5) is 11.4.